The van der Waals surface area contributed by atoms with E-state index in [1.165, 1.54) is 6.33 Å². The average molecular weight is 371 g/mol. The highest BCUT2D eigenvalue weighted by Gasteiger charge is 2.16. The predicted molar refractivity (Wildman–Crippen MR) is 94.9 cm³/mol. The Bertz CT molecular complexity index is 1100. The van der Waals surface area contributed by atoms with Crippen LogP contribution in [0.15, 0.2) is 29.0 Å². The van der Waals surface area contributed by atoms with Gasteiger partial charge in [0, 0.05) is 12.6 Å². The maximum absolute atomic E-state index is 6.21. The Morgan fingerprint density at radius 1 is 1.23 bits per heavy atom. The third-order valence-corrected chi connectivity index (χ3v) is 4.26. The van der Waals surface area contributed by atoms with Gasteiger partial charge in [0.05, 0.1) is 5.39 Å². The van der Waals surface area contributed by atoms with Gasteiger partial charge in [-0.15, -0.1) is 0 Å². The third kappa shape index (κ3) is 2.88. The Hall–Kier alpha value is -3.00. The van der Waals surface area contributed by atoms with E-state index in [1.807, 2.05) is 25.1 Å². The Labute approximate surface area is 153 Å². The van der Waals surface area contributed by atoms with Gasteiger partial charge in [0.25, 0.3) is 5.89 Å². The van der Waals surface area contributed by atoms with Crippen molar-refractivity contribution in [1.29, 1.82) is 0 Å². The van der Waals surface area contributed by atoms with Gasteiger partial charge in [-0.25, -0.2) is 14.6 Å². The molecule has 0 aliphatic carbocycles. The number of rotatable bonds is 4. The molecule has 26 heavy (non-hydrogen) atoms. The molecule has 0 radical (unpaired) electrons. The van der Waals surface area contributed by atoms with Crippen molar-refractivity contribution in [1.82, 2.24) is 29.9 Å². The van der Waals surface area contributed by atoms with Crippen molar-refractivity contribution in [3.8, 4) is 17.2 Å². The zero-order valence-corrected chi connectivity index (χ0v) is 15.2. The van der Waals surface area contributed by atoms with Crippen LogP contribution in [-0.4, -0.2) is 29.9 Å². The highest BCUT2D eigenvalue weighted by molar-refractivity contribution is 6.34. The second kappa shape index (κ2) is 6.38. The molecule has 4 rings (SSSR count). The van der Waals surface area contributed by atoms with Crippen molar-refractivity contribution in [2.45, 2.75) is 20.5 Å². The minimum Gasteiger partial charge on any atom is -0.487 e. The molecule has 8 nitrogen and oxygen atoms in total. The first kappa shape index (κ1) is 16.5. The highest BCUT2D eigenvalue weighted by atomic mass is 35.5. The van der Waals surface area contributed by atoms with Crippen LogP contribution in [0.2, 0.25) is 5.15 Å². The average Bonchev–Trinajstić information content (AvgIpc) is 3.19. The van der Waals surface area contributed by atoms with E-state index in [9.17, 15) is 0 Å². The molecule has 0 bridgehead atoms. The van der Waals surface area contributed by atoms with E-state index < -0.39 is 0 Å². The number of nitrogens with zero attached hydrogens (tertiary/aromatic N) is 6. The van der Waals surface area contributed by atoms with Crippen LogP contribution >= 0.6 is 11.6 Å². The molecule has 4 aromatic rings. The van der Waals surface area contributed by atoms with E-state index in [0.717, 1.165) is 11.1 Å². The zero-order chi connectivity index (χ0) is 18.3. The van der Waals surface area contributed by atoms with E-state index >= 15 is 0 Å². The normalized spacial score (nSPS) is 11.2. The molecule has 0 atom stereocenters. The van der Waals surface area contributed by atoms with Crippen LogP contribution in [0.5, 0.6) is 5.75 Å². The van der Waals surface area contributed by atoms with E-state index in [1.54, 1.807) is 18.7 Å². The molecule has 0 N–H and O–H groups in total. The molecule has 1 aromatic carbocycles. The van der Waals surface area contributed by atoms with Crippen LogP contribution in [0.3, 0.4) is 0 Å². The first-order valence-corrected chi connectivity index (χ1v) is 8.27. The lowest BCUT2D eigenvalue weighted by Crippen LogP contribution is -2.00. The second-order valence-corrected chi connectivity index (χ2v) is 6.21. The summed E-state index contributed by atoms with van der Waals surface area (Å²) in [4.78, 5) is 12.5. The molecule has 0 aliphatic heterocycles. The first-order chi connectivity index (χ1) is 12.5. The van der Waals surface area contributed by atoms with Crippen LogP contribution in [0, 0.1) is 13.8 Å². The van der Waals surface area contributed by atoms with Gasteiger partial charge in [-0.3, -0.25) is 0 Å². The molecule has 132 valence electrons. The van der Waals surface area contributed by atoms with Crippen molar-refractivity contribution in [3.05, 3.63) is 46.8 Å². The lowest BCUT2D eigenvalue weighted by atomic mass is 10.1. The molecule has 0 fully saturated rings. The van der Waals surface area contributed by atoms with Gasteiger partial charge < -0.3 is 9.26 Å². The van der Waals surface area contributed by atoms with Crippen molar-refractivity contribution in [2.75, 3.05) is 0 Å². The minimum atomic E-state index is 0.234. The molecule has 9 heteroatoms. The van der Waals surface area contributed by atoms with Crippen molar-refractivity contribution < 1.29 is 9.26 Å². The zero-order valence-electron chi connectivity index (χ0n) is 14.4. The maximum Gasteiger partial charge on any atom is 0.258 e. The van der Waals surface area contributed by atoms with Gasteiger partial charge in [-0.1, -0.05) is 22.8 Å². The third-order valence-electron chi connectivity index (χ3n) is 3.97. The number of aryl methyl sites for hydroxylation is 3. The summed E-state index contributed by atoms with van der Waals surface area (Å²) in [5.41, 5.74) is 3.10. The molecular weight excluding hydrogens is 356 g/mol. The standard InChI is InChI=1S/C17H15ClN6O2/c1-9-4-5-11(17-21-10(2)23-26-17)6-13(9)25-7-12-14-15(18)19-8-20-16(14)24(3)22-12/h4-6,8H,7H2,1-3H3. The highest BCUT2D eigenvalue weighted by Crippen LogP contribution is 2.28. The molecule has 0 saturated carbocycles. The fourth-order valence-electron chi connectivity index (χ4n) is 2.68. The monoisotopic (exact) mass is 370 g/mol. The molecule has 0 unspecified atom stereocenters. The largest absolute Gasteiger partial charge is 0.487 e. The van der Waals surface area contributed by atoms with Gasteiger partial charge in [0.1, 0.15) is 29.5 Å². The summed E-state index contributed by atoms with van der Waals surface area (Å²) in [5.74, 6) is 1.73. The van der Waals surface area contributed by atoms with Crippen LogP contribution in [-0.2, 0) is 13.7 Å². The molecule has 0 amide bonds. The van der Waals surface area contributed by atoms with E-state index in [4.69, 9.17) is 20.9 Å². The van der Waals surface area contributed by atoms with Gasteiger partial charge in [0.15, 0.2) is 11.5 Å². The van der Waals surface area contributed by atoms with Gasteiger partial charge >= 0.3 is 0 Å². The summed E-state index contributed by atoms with van der Waals surface area (Å²) in [7, 11) is 1.80. The summed E-state index contributed by atoms with van der Waals surface area (Å²) in [6.07, 6.45) is 1.41. The van der Waals surface area contributed by atoms with Crippen molar-refractivity contribution in [3.63, 3.8) is 0 Å². The van der Waals surface area contributed by atoms with Gasteiger partial charge in [-0.05, 0) is 31.5 Å². The fourth-order valence-corrected chi connectivity index (χ4v) is 2.91. The van der Waals surface area contributed by atoms with Crippen molar-refractivity contribution in [2.24, 2.45) is 7.05 Å². The number of aromatic nitrogens is 6. The maximum atomic E-state index is 6.21. The Morgan fingerprint density at radius 3 is 2.85 bits per heavy atom. The number of ether oxygens (including phenoxy) is 1. The fraction of sp³-hybridized carbons (Fsp3) is 0.235. The molecule has 0 spiro atoms. The summed E-state index contributed by atoms with van der Waals surface area (Å²) in [6.45, 7) is 3.97. The smallest absolute Gasteiger partial charge is 0.258 e. The van der Waals surface area contributed by atoms with E-state index in [0.29, 0.717) is 39.3 Å². The number of hydrogen-bond donors (Lipinski definition) is 0. The van der Waals surface area contributed by atoms with Crippen LogP contribution in [0.25, 0.3) is 22.5 Å². The van der Waals surface area contributed by atoms with Gasteiger partial charge in [0.2, 0.25) is 0 Å². The summed E-state index contributed by atoms with van der Waals surface area (Å²) in [5, 5.41) is 9.31. The molecule has 3 heterocycles. The summed E-state index contributed by atoms with van der Waals surface area (Å²) < 4.78 is 12.9. The topological polar surface area (TPSA) is 91.8 Å². The van der Waals surface area contributed by atoms with E-state index in [2.05, 4.69) is 25.2 Å². The number of fused-ring (bicyclic) bond motifs is 1. The molecule has 0 aliphatic rings. The molecular formula is C17H15ClN6O2. The minimum absolute atomic E-state index is 0.234. The van der Waals surface area contributed by atoms with Crippen LogP contribution in [0.1, 0.15) is 17.1 Å². The van der Waals surface area contributed by atoms with Crippen molar-refractivity contribution >= 4 is 22.6 Å². The summed E-state index contributed by atoms with van der Waals surface area (Å²) in [6, 6.07) is 5.72. The molecule has 0 saturated heterocycles. The second-order valence-electron chi connectivity index (χ2n) is 5.85. The Morgan fingerprint density at radius 2 is 2.08 bits per heavy atom. The Balaban J connectivity index is 1.64. The number of halogens is 1. The quantitative estimate of drug-likeness (QED) is 0.509. The van der Waals surface area contributed by atoms with E-state index in [-0.39, 0.29) is 6.61 Å². The molecule has 3 aromatic heterocycles. The lowest BCUT2D eigenvalue weighted by molar-refractivity contribution is 0.299. The summed E-state index contributed by atoms with van der Waals surface area (Å²) >= 11 is 6.21. The Kier molecular flexibility index (Phi) is 4.04. The first-order valence-electron chi connectivity index (χ1n) is 7.89. The van der Waals surface area contributed by atoms with Gasteiger partial charge in [-0.2, -0.15) is 10.1 Å². The SMILES string of the molecule is Cc1noc(-c2ccc(C)c(OCc3nn(C)c4ncnc(Cl)c34)c2)n1. The lowest BCUT2D eigenvalue weighted by Gasteiger charge is -2.09. The van der Waals surface area contributed by atoms with Crippen LogP contribution < -0.4 is 4.74 Å². The number of hydrogen-bond acceptors (Lipinski definition) is 7. The predicted octanol–water partition coefficient (Wildman–Crippen LogP) is 3.26. The van der Waals surface area contributed by atoms with Crippen LogP contribution in [0.4, 0.5) is 0 Å². The number of benzene rings is 1.